The van der Waals surface area contributed by atoms with Crippen molar-refractivity contribution in [2.45, 2.75) is 39.1 Å². The fourth-order valence-electron chi connectivity index (χ4n) is 3.28. The van der Waals surface area contributed by atoms with E-state index in [1.54, 1.807) is 25.1 Å². The van der Waals surface area contributed by atoms with Crippen LogP contribution in [0.1, 0.15) is 27.0 Å². The predicted molar refractivity (Wildman–Crippen MR) is 108 cm³/mol. The van der Waals surface area contributed by atoms with E-state index in [0.29, 0.717) is 42.3 Å². The van der Waals surface area contributed by atoms with Gasteiger partial charge in [-0.1, -0.05) is 6.92 Å². The van der Waals surface area contributed by atoms with Gasteiger partial charge in [-0.2, -0.15) is 0 Å². The minimum atomic E-state index is -2.83. The van der Waals surface area contributed by atoms with Gasteiger partial charge in [0, 0.05) is 25.3 Å². The molecule has 1 fully saturated rings. The molecule has 3 atom stereocenters. The van der Waals surface area contributed by atoms with E-state index in [2.05, 4.69) is 33.7 Å². The number of nitrogens with two attached hydrogens (primary N) is 1. The van der Waals surface area contributed by atoms with Crippen molar-refractivity contribution >= 4 is 24.5 Å². The molecular weight excluding hydrogens is 381 g/mol. The van der Waals surface area contributed by atoms with Gasteiger partial charge in [0.05, 0.1) is 19.0 Å². The lowest BCUT2D eigenvalue weighted by Crippen LogP contribution is -2.49. The van der Waals surface area contributed by atoms with E-state index in [1.807, 2.05) is 11.5 Å². The second kappa shape index (κ2) is 8.42. The van der Waals surface area contributed by atoms with Gasteiger partial charge in [-0.3, -0.25) is 14.0 Å². The summed E-state index contributed by atoms with van der Waals surface area (Å²) in [5.74, 6) is 0.343. The molecule has 2 aromatic rings. The van der Waals surface area contributed by atoms with Crippen molar-refractivity contribution in [3.05, 3.63) is 12.7 Å². The molecule has 0 radical (unpaired) electrons. The maximum atomic E-state index is 12.9. The Morgan fingerprint density at radius 2 is 2.11 bits per heavy atom. The zero-order chi connectivity index (χ0) is 20.5. The lowest BCUT2D eigenvalue weighted by molar-refractivity contribution is -0.136. The third-order valence-electron chi connectivity index (χ3n) is 5.08. The van der Waals surface area contributed by atoms with Crippen LogP contribution in [0.25, 0.3) is 11.2 Å². The van der Waals surface area contributed by atoms with Crippen LogP contribution in [0.2, 0.25) is 0 Å². The van der Waals surface area contributed by atoms with Crippen LogP contribution >= 0.6 is 7.52 Å². The second-order valence-electron chi connectivity index (χ2n) is 7.44. The molecule has 3 rings (SSSR count). The highest BCUT2D eigenvalue weighted by atomic mass is 31.2. The highest BCUT2D eigenvalue weighted by molar-refractivity contribution is 7.56. The summed E-state index contributed by atoms with van der Waals surface area (Å²) in [7, 11) is 0.720. The molecule has 0 spiro atoms. The van der Waals surface area contributed by atoms with E-state index >= 15 is 0 Å². The fourth-order valence-corrected chi connectivity index (χ4v) is 4.66. The number of rotatable bonds is 7. The first-order valence-corrected chi connectivity index (χ1v) is 11.2. The minimum Gasteiger partial charge on any atom is -0.382 e. The number of imidazole rings is 1. The summed E-state index contributed by atoms with van der Waals surface area (Å²) < 4.78 is 28.5. The predicted octanol–water partition coefficient (Wildman–Crippen LogP) is 1.81. The highest BCUT2D eigenvalue weighted by Crippen LogP contribution is 2.48. The fraction of sp³-hybridized carbons (Fsp3) is 0.706. The van der Waals surface area contributed by atoms with Crippen molar-refractivity contribution in [2.24, 2.45) is 0 Å². The van der Waals surface area contributed by atoms with E-state index in [4.69, 9.17) is 15.0 Å². The largest absolute Gasteiger partial charge is 0.382 e. The van der Waals surface area contributed by atoms with E-state index in [-0.39, 0.29) is 18.9 Å². The monoisotopic (exact) mass is 411 g/mol. The van der Waals surface area contributed by atoms with Crippen LogP contribution in [0.5, 0.6) is 0 Å². The summed E-state index contributed by atoms with van der Waals surface area (Å²) in [5, 5.41) is 0. The smallest absolute Gasteiger partial charge is 0.271 e. The van der Waals surface area contributed by atoms with Gasteiger partial charge in [0.25, 0.3) is 7.52 Å². The molecule has 3 heterocycles. The number of morpholine rings is 1. The van der Waals surface area contributed by atoms with Crippen molar-refractivity contribution in [1.29, 1.82) is 0 Å². The van der Waals surface area contributed by atoms with Crippen LogP contribution < -0.4 is 5.73 Å². The maximum Gasteiger partial charge on any atom is 0.271 e. The highest BCUT2D eigenvalue weighted by Gasteiger charge is 2.33. The molecule has 0 aromatic carbocycles. The molecule has 0 amide bonds. The molecule has 2 N–H and O–H groups in total. The summed E-state index contributed by atoms with van der Waals surface area (Å²) in [6.07, 6.45) is 3.03. The van der Waals surface area contributed by atoms with Gasteiger partial charge < -0.3 is 15.0 Å². The number of nitrogens with zero attached hydrogens (tertiary/aromatic N) is 6. The van der Waals surface area contributed by atoms with Gasteiger partial charge in [-0.15, -0.1) is 0 Å². The number of fused-ring (bicyclic) bond motifs is 1. The lowest BCUT2D eigenvalue weighted by Gasteiger charge is -2.40. The number of hydrogen-bond acceptors (Lipinski definition) is 8. The number of anilines is 1. The lowest BCUT2D eigenvalue weighted by atomic mass is 10.2. The Balaban J connectivity index is 1.82. The summed E-state index contributed by atoms with van der Waals surface area (Å²) in [4.78, 5) is 15.0. The first-order valence-electron chi connectivity index (χ1n) is 9.49. The SMILES string of the molecule is CCP(=O)(OC[C@@H]1CN(C(C)C)C[C@H](n2cnc3c(N)ncnc32)O1)N(C)C. The Bertz CT molecular complexity index is 856. The van der Waals surface area contributed by atoms with E-state index in [1.165, 1.54) is 6.33 Å². The van der Waals surface area contributed by atoms with Gasteiger partial charge in [-0.25, -0.2) is 19.6 Å². The van der Waals surface area contributed by atoms with Crippen LogP contribution in [-0.2, 0) is 13.8 Å². The van der Waals surface area contributed by atoms with Crippen molar-refractivity contribution in [1.82, 2.24) is 29.1 Å². The Morgan fingerprint density at radius 3 is 2.75 bits per heavy atom. The molecule has 0 bridgehead atoms. The molecule has 1 aliphatic heterocycles. The molecule has 2 aromatic heterocycles. The van der Waals surface area contributed by atoms with Crippen LogP contribution in [0.15, 0.2) is 12.7 Å². The third kappa shape index (κ3) is 4.21. The Kier molecular flexibility index (Phi) is 6.36. The minimum absolute atomic E-state index is 0.224. The van der Waals surface area contributed by atoms with Gasteiger partial charge in [0.2, 0.25) is 0 Å². The summed E-state index contributed by atoms with van der Waals surface area (Å²) in [6.45, 7) is 7.80. The molecule has 28 heavy (non-hydrogen) atoms. The van der Waals surface area contributed by atoms with Crippen molar-refractivity contribution < 1.29 is 13.8 Å². The molecule has 1 saturated heterocycles. The molecule has 156 valence electrons. The molecule has 1 aliphatic rings. The van der Waals surface area contributed by atoms with Crippen LogP contribution in [0.4, 0.5) is 5.82 Å². The molecule has 0 aliphatic carbocycles. The first-order chi connectivity index (χ1) is 13.2. The average molecular weight is 411 g/mol. The molecule has 0 saturated carbocycles. The van der Waals surface area contributed by atoms with Crippen LogP contribution in [-0.4, -0.2) is 81.2 Å². The Morgan fingerprint density at radius 1 is 1.36 bits per heavy atom. The summed E-state index contributed by atoms with van der Waals surface area (Å²) >= 11 is 0. The number of aromatic nitrogens is 4. The van der Waals surface area contributed by atoms with E-state index < -0.39 is 7.52 Å². The van der Waals surface area contributed by atoms with Gasteiger partial charge >= 0.3 is 0 Å². The zero-order valence-corrected chi connectivity index (χ0v) is 18.0. The Labute approximate surface area is 165 Å². The normalized spacial score (nSPS) is 23.5. The van der Waals surface area contributed by atoms with E-state index in [0.717, 1.165) is 0 Å². The molecule has 10 nitrogen and oxygen atoms in total. The first kappa shape index (κ1) is 21.1. The topological polar surface area (TPSA) is 112 Å². The van der Waals surface area contributed by atoms with Crippen molar-refractivity contribution in [3.8, 4) is 0 Å². The standard InChI is InChI=1S/C17H30N7O3P/c1-6-28(25,22(4)5)26-9-13-7-23(12(2)3)8-14(27-13)24-11-21-15-16(18)19-10-20-17(15)24/h10-14H,6-9H2,1-5H3,(H2,18,19,20)/t13-,14+,28?/m0/s1. The Hall–Kier alpha value is -1.58. The number of ether oxygens (including phenoxy) is 1. The van der Waals surface area contributed by atoms with E-state index in [9.17, 15) is 4.57 Å². The molecule has 1 unspecified atom stereocenters. The van der Waals surface area contributed by atoms with Gasteiger partial charge in [-0.05, 0) is 27.9 Å². The summed E-state index contributed by atoms with van der Waals surface area (Å²) in [6, 6.07) is 0.329. The quantitative estimate of drug-likeness (QED) is 0.682. The number of hydrogen-bond donors (Lipinski definition) is 1. The maximum absolute atomic E-state index is 12.9. The van der Waals surface area contributed by atoms with Gasteiger partial charge in [0.15, 0.2) is 11.5 Å². The van der Waals surface area contributed by atoms with Gasteiger partial charge in [0.1, 0.15) is 18.1 Å². The van der Waals surface area contributed by atoms with Crippen molar-refractivity contribution in [2.75, 3.05) is 45.7 Å². The summed E-state index contributed by atoms with van der Waals surface area (Å²) in [5.41, 5.74) is 7.10. The average Bonchev–Trinajstić information content (AvgIpc) is 3.11. The zero-order valence-electron chi connectivity index (χ0n) is 17.1. The molecule has 11 heteroatoms. The third-order valence-corrected chi connectivity index (χ3v) is 7.65. The van der Waals surface area contributed by atoms with Crippen molar-refractivity contribution in [3.63, 3.8) is 0 Å². The molecular formula is C17H30N7O3P. The number of nitrogen functional groups attached to an aromatic ring is 1. The van der Waals surface area contributed by atoms with Crippen LogP contribution in [0.3, 0.4) is 0 Å². The second-order valence-corrected chi connectivity index (χ2v) is 10.4. The van der Waals surface area contributed by atoms with Crippen LogP contribution in [0, 0.1) is 0 Å².